The van der Waals surface area contributed by atoms with E-state index in [1.165, 1.54) is 30.9 Å². The van der Waals surface area contributed by atoms with Crippen LogP contribution >= 0.6 is 11.6 Å². The Morgan fingerprint density at radius 3 is 2.36 bits per heavy atom. The van der Waals surface area contributed by atoms with Crippen molar-refractivity contribution in [2.45, 2.75) is 57.5 Å². The van der Waals surface area contributed by atoms with Crippen LogP contribution in [-0.2, 0) is 11.3 Å². The monoisotopic (exact) mass is 595 g/mol. The molecule has 2 atom stereocenters. The summed E-state index contributed by atoms with van der Waals surface area (Å²) >= 11 is 6.32. The maximum atomic E-state index is 14.9. The van der Waals surface area contributed by atoms with Gasteiger partial charge in [0.05, 0.1) is 11.5 Å². The van der Waals surface area contributed by atoms with Crippen molar-refractivity contribution in [2.75, 3.05) is 26.2 Å². The summed E-state index contributed by atoms with van der Waals surface area (Å²) in [5, 5.41) is 3.52. The predicted octanol–water partition coefficient (Wildman–Crippen LogP) is 5.56. The highest BCUT2D eigenvalue weighted by molar-refractivity contribution is 6.30. The molecule has 0 saturated carbocycles. The van der Waals surface area contributed by atoms with Gasteiger partial charge in [0.25, 0.3) is 5.91 Å². The third-order valence-corrected chi connectivity index (χ3v) is 8.80. The summed E-state index contributed by atoms with van der Waals surface area (Å²) in [6, 6.07) is 9.39. The van der Waals surface area contributed by atoms with Gasteiger partial charge in [0.15, 0.2) is 0 Å². The highest BCUT2D eigenvalue weighted by atomic mass is 35.5. The summed E-state index contributed by atoms with van der Waals surface area (Å²) in [6.07, 6.45) is 5.82. The summed E-state index contributed by atoms with van der Waals surface area (Å²) in [5.41, 5.74) is 2.61. The molecule has 0 bridgehead atoms. The average Bonchev–Trinajstić information content (AvgIpc) is 3.42. The fraction of sp³-hybridized carbons (Fsp3) is 0.438. The zero-order chi connectivity index (χ0) is 30.0. The first-order valence-corrected chi connectivity index (χ1v) is 14.7. The van der Waals surface area contributed by atoms with Crippen LogP contribution < -0.4 is 5.32 Å². The van der Waals surface area contributed by atoms with Crippen molar-refractivity contribution in [3.8, 4) is 0 Å². The number of rotatable bonds is 6. The van der Waals surface area contributed by atoms with E-state index in [1.807, 2.05) is 23.1 Å². The fourth-order valence-corrected chi connectivity index (χ4v) is 6.38. The number of hydrogen-bond acceptors (Lipinski definition) is 5. The van der Waals surface area contributed by atoms with E-state index in [1.54, 1.807) is 0 Å². The van der Waals surface area contributed by atoms with E-state index in [0.29, 0.717) is 48.9 Å². The maximum absolute atomic E-state index is 14.9. The highest BCUT2D eigenvalue weighted by Gasteiger charge is 2.44. The number of benzene rings is 2. The molecule has 0 radical (unpaired) electrons. The molecule has 2 saturated heterocycles. The van der Waals surface area contributed by atoms with Gasteiger partial charge in [0.2, 0.25) is 5.91 Å². The first-order valence-electron chi connectivity index (χ1n) is 14.3. The van der Waals surface area contributed by atoms with Gasteiger partial charge < -0.3 is 10.2 Å². The van der Waals surface area contributed by atoms with Crippen molar-refractivity contribution in [3.63, 3.8) is 0 Å². The Balaban J connectivity index is 1.28. The van der Waals surface area contributed by atoms with Gasteiger partial charge in [-0.05, 0) is 74.4 Å². The van der Waals surface area contributed by atoms with Crippen molar-refractivity contribution >= 4 is 23.4 Å². The third kappa shape index (κ3) is 6.63. The van der Waals surface area contributed by atoms with Crippen molar-refractivity contribution < 1.29 is 18.4 Å². The molecule has 0 aliphatic carbocycles. The lowest BCUT2D eigenvalue weighted by atomic mass is 9.84. The maximum Gasteiger partial charge on any atom is 0.254 e. The molecule has 2 aliphatic rings. The van der Waals surface area contributed by atoms with E-state index in [4.69, 9.17) is 11.6 Å². The Morgan fingerprint density at radius 1 is 1.00 bits per heavy atom. The molecule has 10 heteroatoms. The quantitative estimate of drug-likeness (QED) is 0.404. The molecule has 2 aliphatic heterocycles. The standard InChI is InChI=1S/C32H36ClF2N5O2/c1-32(2,3)40-17-27(26-7-5-24(34)13-29(26)35)28(18-40)31(42)39-10-8-20(9-11-39)25-6-4-23(33)12-21(25)16-38-30(41)22-14-36-19-37-15-22/h4-7,12-15,19-20,27-28H,8-11,16-18H2,1-3H3,(H,38,41). The summed E-state index contributed by atoms with van der Waals surface area (Å²) in [6.45, 7) is 8.77. The number of halogens is 3. The minimum absolute atomic E-state index is 0.0163. The number of piperidine rings is 1. The molecule has 2 unspecified atom stereocenters. The van der Waals surface area contributed by atoms with E-state index in [2.05, 4.69) is 41.0 Å². The average molecular weight is 596 g/mol. The zero-order valence-electron chi connectivity index (χ0n) is 24.1. The van der Waals surface area contributed by atoms with Gasteiger partial charge in [0.1, 0.15) is 18.0 Å². The number of hydrogen-bond donors (Lipinski definition) is 1. The molecule has 5 rings (SSSR count). The Morgan fingerprint density at radius 2 is 1.69 bits per heavy atom. The molecular weight excluding hydrogens is 560 g/mol. The minimum atomic E-state index is -0.623. The number of nitrogens with zero attached hydrogens (tertiary/aromatic N) is 4. The van der Waals surface area contributed by atoms with Gasteiger partial charge in [0, 0.05) is 67.7 Å². The van der Waals surface area contributed by atoms with E-state index >= 15 is 0 Å². The Bertz CT molecular complexity index is 1440. The number of amides is 2. The van der Waals surface area contributed by atoms with Crippen LogP contribution in [0.25, 0.3) is 0 Å². The lowest BCUT2D eigenvalue weighted by Gasteiger charge is -2.36. The van der Waals surface area contributed by atoms with Crippen molar-refractivity contribution in [1.29, 1.82) is 0 Å². The molecule has 7 nitrogen and oxygen atoms in total. The Kier molecular flexibility index (Phi) is 8.89. The van der Waals surface area contributed by atoms with Crippen molar-refractivity contribution in [3.05, 3.63) is 94.0 Å². The van der Waals surface area contributed by atoms with E-state index in [9.17, 15) is 18.4 Å². The summed E-state index contributed by atoms with van der Waals surface area (Å²) in [5.74, 6) is -2.05. The predicted molar refractivity (Wildman–Crippen MR) is 157 cm³/mol. The zero-order valence-corrected chi connectivity index (χ0v) is 24.9. The second-order valence-electron chi connectivity index (χ2n) is 12.2. The van der Waals surface area contributed by atoms with Gasteiger partial charge in [-0.2, -0.15) is 0 Å². The number of nitrogens with one attached hydrogen (secondary N) is 1. The fourth-order valence-electron chi connectivity index (χ4n) is 6.18. The topological polar surface area (TPSA) is 78.4 Å². The molecule has 3 aromatic rings. The third-order valence-electron chi connectivity index (χ3n) is 8.56. The van der Waals surface area contributed by atoms with Gasteiger partial charge in [-0.1, -0.05) is 23.7 Å². The first kappa shape index (κ1) is 30.0. The lowest BCUT2D eigenvalue weighted by Crippen LogP contribution is -2.44. The molecule has 3 heterocycles. The van der Waals surface area contributed by atoms with Crippen LogP contribution in [0.3, 0.4) is 0 Å². The van der Waals surface area contributed by atoms with Gasteiger partial charge in [-0.15, -0.1) is 0 Å². The number of carbonyl (C=O) groups is 2. The second-order valence-corrected chi connectivity index (χ2v) is 12.6. The van der Waals surface area contributed by atoms with Crippen LogP contribution in [0.5, 0.6) is 0 Å². The minimum Gasteiger partial charge on any atom is -0.348 e. The summed E-state index contributed by atoms with van der Waals surface area (Å²) in [4.78, 5) is 38.4. The first-order chi connectivity index (χ1) is 20.0. The largest absolute Gasteiger partial charge is 0.348 e. The van der Waals surface area contributed by atoms with Crippen LogP contribution in [0, 0.1) is 17.6 Å². The molecule has 42 heavy (non-hydrogen) atoms. The van der Waals surface area contributed by atoms with Crippen LogP contribution in [-0.4, -0.2) is 63.3 Å². The molecule has 2 fully saturated rings. The van der Waals surface area contributed by atoms with Crippen molar-refractivity contribution in [1.82, 2.24) is 25.1 Å². The smallest absolute Gasteiger partial charge is 0.254 e. The molecule has 0 spiro atoms. The molecular formula is C32H36ClF2N5O2. The van der Waals surface area contributed by atoms with Gasteiger partial charge >= 0.3 is 0 Å². The van der Waals surface area contributed by atoms with Gasteiger partial charge in [-0.3, -0.25) is 14.5 Å². The Labute approximate surface area is 250 Å². The van der Waals surface area contributed by atoms with E-state index < -0.39 is 17.6 Å². The van der Waals surface area contributed by atoms with E-state index in [-0.39, 0.29) is 29.2 Å². The summed E-state index contributed by atoms with van der Waals surface area (Å²) < 4.78 is 28.6. The SMILES string of the molecule is CC(C)(C)N1CC(C(=O)N2CCC(c3ccc(Cl)cc3CNC(=O)c3cncnc3)CC2)C(c2ccc(F)cc2F)C1. The number of aromatic nitrogens is 2. The molecule has 2 amide bonds. The lowest BCUT2D eigenvalue weighted by molar-refractivity contribution is -0.136. The number of likely N-dealkylation sites (tertiary alicyclic amines) is 2. The van der Waals surface area contributed by atoms with Crippen LogP contribution in [0.15, 0.2) is 55.1 Å². The normalized spacial score (nSPS) is 20.1. The second kappa shape index (κ2) is 12.4. The highest BCUT2D eigenvalue weighted by Crippen LogP contribution is 2.40. The molecule has 1 N–H and O–H groups in total. The van der Waals surface area contributed by atoms with Gasteiger partial charge in [-0.25, -0.2) is 18.7 Å². The van der Waals surface area contributed by atoms with Crippen LogP contribution in [0.2, 0.25) is 5.02 Å². The van der Waals surface area contributed by atoms with Crippen molar-refractivity contribution in [2.24, 2.45) is 5.92 Å². The molecule has 222 valence electrons. The van der Waals surface area contributed by atoms with Crippen LogP contribution in [0.1, 0.15) is 72.5 Å². The summed E-state index contributed by atoms with van der Waals surface area (Å²) in [7, 11) is 0. The van der Waals surface area contributed by atoms with E-state index in [0.717, 1.165) is 30.0 Å². The number of carbonyl (C=O) groups excluding carboxylic acids is 2. The van der Waals surface area contributed by atoms with Crippen LogP contribution in [0.4, 0.5) is 8.78 Å². The Hall–Kier alpha value is -3.43. The molecule has 2 aromatic carbocycles. The molecule has 1 aromatic heterocycles.